The van der Waals surface area contributed by atoms with E-state index in [2.05, 4.69) is 15.9 Å². The number of aromatic nitrogens is 1. The van der Waals surface area contributed by atoms with Gasteiger partial charge in [0.1, 0.15) is 30.2 Å². The monoisotopic (exact) mass is 387 g/mol. The molecule has 0 aliphatic carbocycles. The van der Waals surface area contributed by atoms with Gasteiger partial charge in [-0.25, -0.2) is 0 Å². The Labute approximate surface area is 140 Å². The Bertz CT molecular complexity index is 703. The van der Waals surface area contributed by atoms with E-state index in [1.54, 1.807) is 6.20 Å². The van der Waals surface area contributed by atoms with Crippen molar-refractivity contribution in [3.05, 3.63) is 28.9 Å². The average Bonchev–Trinajstić information content (AvgIpc) is 2.83. The van der Waals surface area contributed by atoms with E-state index in [-0.39, 0.29) is 0 Å². The van der Waals surface area contributed by atoms with Crippen molar-refractivity contribution < 1.29 is 29.9 Å². The second kappa shape index (κ2) is 6.39. The molecule has 0 radical (unpaired) electrons. The molecule has 1 aliphatic rings. The molecule has 0 amide bonds. The number of fused-ring (bicyclic) bond motifs is 1. The molecule has 4 N–H and O–H groups in total. The van der Waals surface area contributed by atoms with Gasteiger partial charge in [0, 0.05) is 23.1 Å². The Hall–Kier alpha value is -1.16. The molecule has 1 saturated heterocycles. The van der Waals surface area contributed by atoms with Gasteiger partial charge in [-0.3, -0.25) is 0 Å². The number of ether oxygens (including phenoxy) is 2. The van der Waals surface area contributed by atoms with Gasteiger partial charge in [-0.15, -0.1) is 0 Å². The maximum Gasteiger partial charge on any atom is 0.229 e. The van der Waals surface area contributed by atoms with Crippen molar-refractivity contribution in [1.82, 2.24) is 4.57 Å². The second-order valence-corrected chi connectivity index (χ2v) is 6.50. The van der Waals surface area contributed by atoms with Crippen LogP contribution in [0.3, 0.4) is 0 Å². The van der Waals surface area contributed by atoms with Crippen molar-refractivity contribution in [2.45, 2.75) is 30.7 Å². The smallest absolute Gasteiger partial charge is 0.229 e. The van der Waals surface area contributed by atoms with Crippen LogP contribution in [0.1, 0.15) is 0 Å². The summed E-state index contributed by atoms with van der Waals surface area (Å²) in [6.45, 7) is -0.493. The number of rotatable bonds is 3. The van der Waals surface area contributed by atoms with Gasteiger partial charge in [0.2, 0.25) is 6.29 Å². The zero-order chi connectivity index (χ0) is 16.7. The SMILES string of the molecule is Cn1cc(O[C@H]2O[C@H](CO)[C@H](O)[C@H](O)[C@H]2O)c2ccc(Br)cc21. The molecular formula is C15H18BrNO6. The van der Waals surface area contributed by atoms with E-state index >= 15 is 0 Å². The minimum Gasteiger partial charge on any atom is -0.460 e. The minimum absolute atomic E-state index is 0.472. The van der Waals surface area contributed by atoms with Crippen molar-refractivity contribution in [3.63, 3.8) is 0 Å². The predicted molar refractivity (Wildman–Crippen MR) is 85.0 cm³/mol. The molecule has 8 heteroatoms. The summed E-state index contributed by atoms with van der Waals surface area (Å²) in [4.78, 5) is 0. The molecule has 1 aliphatic heterocycles. The highest BCUT2D eigenvalue weighted by atomic mass is 79.9. The van der Waals surface area contributed by atoms with E-state index in [0.717, 1.165) is 15.4 Å². The molecule has 0 bridgehead atoms. The zero-order valence-corrected chi connectivity index (χ0v) is 13.9. The lowest BCUT2D eigenvalue weighted by Crippen LogP contribution is -2.60. The average molecular weight is 388 g/mol. The molecule has 0 unspecified atom stereocenters. The van der Waals surface area contributed by atoms with E-state index in [1.165, 1.54) is 0 Å². The fourth-order valence-corrected chi connectivity index (χ4v) is 3.05. The molecule has 3 rings (SSSR count). The Balaban J connectivity index is 1.89. The minimum atomic E-state index is -1.46. The lowest BCUT2D eigenvalue weighted by Gasteiger charge is -2.39. The highest BCUT2D eigenvalue weighted by molar-refractivity contribution is 9.10. The number of halogens is 1. The third-order valence-corrected chi connectivity index (χ3v) is 4.50. The molecule has 2 heterocycles. The maximum absolute atomic E-state index is 10.0. The van der Waals surface area contributed by atoms with Gasteiger partial charge >= 0.3 is 0 Å². The normalized spacial score (nSPS) is 31.5. The van der Waals surface area contributed by atoms with Crippen LogP contribution in [-0.4, -0.2) is 62.3 Å². The van der Waals surface area contributed by atoms with E-state index in [0.29, 0.717) is 5.75 Å². The third kappa shape index (κ3) is 2.98. The lowest BCUT2D eigenvalue weighted by atomic mass is 9.99. The first-order chi connectivity index (χ1) is 10.9. The molecule has 7 nitrogen and oxygen atoms in total. The highest BCUT2D eigenvalue weighted by Crippen LogP contribution is 2.32. The van der Waals surface area contributed by atoms with Crippen LogP contribution >= 0.6 is 15.9 Å². The summed E-state index contributed by atoms with van der Waals surface area (Å²) in [5.41, 5.74) is 0.916. The summed E-state index contributed by atoms with van der Waals surface area (Å²) >= 11 is 3.41. The summed E-state index contributed by atoms with van der Waals surface area (Å²) in [5, 5.41) is 39.7. The second-order valence-electron chi connectivity index (χ2n) is 5.58. The maximum atomic E-state index is 10.0. The summed E-state index contributed by atoms with van der Waals surface area (Å²) in [6.07, 6.45) is -4.76. The molecule has 0 spiro atoms. The van der Waals surface area contributed by atoms with Crippen molar-refractivity contribution in [1.29, 1.82) is 0 Å². The van der Waals surface area contributed by atoms with Crippen LogP contribution < -0.4 is 4.74 Å². The number of benzene rings is 1. The number of aryl methyl sites for hydroxylation is 1. The van der Waals surface area contributed by atoms with Crippen LogP contribution in [0.2, 0.25) is 0 Å². The standard InChI is InChI=1S/C15H18BrNO6/c1-17-5-10(8-3-2-7(16)4-9(8)17)22-15-14(21)13(20)12(19)11(6-18)23-15/h2-5,11-15,18-21H,6H2,1H3/t11-,12+,13+,14-,15+/m1/s1. The third-order valence-electron chi connectivity index (χ3n) is 4.01. The molecule has 1 aromatic heterocycles. The molecule has 1 fully saturated rings. The van der Waals surface area contributed by atoms with Gasteiger partial charge in [0.25, 0.3) is 0 Å². The zero-order valence-electron chi connectivity index (χ0n) is 12.3. The molecule has 23 heavy (non-hydrogen) atoms. The molecule has 1 aromatic carbocycles. The van der Waals surface area contributed by atoms with E-state index < -0.39 is 37.3 Å². The molecule has 2 aromatic rings. The van der Waals surface area contributed by atoms with Gasteiger partial charge in [-0.05, 0) is 18.2 Å². The van der Waals surface area contributed by atoms with Crippen LogP contribution in [0.4, 0.5) is 0 Å². The molecule has 5 atom stereocenters. The number of hydrogen-bond acceptors (Lipinski definition) is 6. The number of hydrogen-bond donors (Lipinski definition) is 4. The summed E-state index contributed by atoms with van der Waals surface area (Å²) in [5.74, 6) is 0.472. The van der Waals surface area contributed by atoms with Crippen LogP contribution in [0.5, 0.6) is 5.75 Å². The largest absolute Gasteiger partial charge is 0.460 e. The van der Waals surface area contributed by atoms with E-state index in [4.69, 9.17) is 9.47 Å². The highest BCUT2D eigenvalue weighted by Gasteiger charge is 2.44. The van der Waals surface area contributed by atoms with Crippen LogP contribution in [0, 0.1) is 0 Å². The fourth-order valence-electron chi connectivity index (χ4n) is 2.70. The number of nitrogens with zero attached hydrogens (tertiary/aromatic N) is 1. The van der Waals surface area contributed by atoms with Crippen LogP contribution in [0.15, 0.2) is 28.9 Å². The lowest BCUT2D eigenvalue weighted by molar-refractivity contribution is -0.277. The van der Waals surface area contributed by atoms with Gasteiger partial charge in [-0.1, -0.05) is 15.9 Å². The molecule has 0 saturated carbocycles. The van der Waals surface area contributed by atoms with Crippen molar-refractivity contribution >= 4 is 26.8 Å². The summed E-state index contributed by atoms with van der Waals surface area (Å²) < 4.78 is 13.8. The number of aliphatic hydroxyl groups is 4. The first kappa shape index (κ1) is 16.7. The quantitative estimate of drug-likeness (QED) is 0.596. The Morgan fingerprint density at radius 3 is 2.65 bits per heavy atom. The van der Waals surface area contributed by atoms with Gasteiger partial charge in [0.05, 0.1) is 12.1 Å². The summed E-state index contributed by atoms with van der Waals surface area (Å²) in [6, 6.07) is 5.65. The molecular weight excluding hydrogens is 370 g/mol. The van der Waals surface area contributed by atoms with Gasteiger partial charge in [-0.2, -0.15) is 0 Å². The Kier molecular flexibility index (Phi) is 4.63. The van der Waals surface area contributed by atoms with Gasteiger partial charge < -0.3 is 34.5 Å². The van der Waals surface area contributed by atoms with Crippen molar-refractivity contribution in [3.8, 4) is 5.75 Å². The van der Waals surface area contributed by atoms with Crippen LogP contribution in [0.25, 0.3) is 10.9 Å². The topological polar surface area (TPSA) is 104 Å². The summed E-state index contributed by atoms with van der Waals surface area (Å²) in [7, 11) is 1.86. The number of aliphatic hydroxyl groups excluding tert-OH is 4. The fraction of sp³-hybridized carbons (Fsp3) is 0.467. The Morgan fingerprint density at radius 1 is 1.22 bits per heavy atom. The Morgan fingerprint density at radius 2 is 1.96 bits per heavy atom. The first-order valence-corrected chi connectivity index (χ1v) is 7.93. The first-order valence-electron chi connectivity index (χ1n) is 7.14. The van der Waals surface area contributed by atoms with E-state index in [9.17, 15) is 20.4 Å². The predicted octanol–water partition coefficient (Wildman–Crippen LogP) is 0.120. The van der Waals surface area contributed by atoms with E-state index in [1.807, 2.05) is 29.8 Å². The molecule has 126 valence electrons. The van der Waals surface area contributed by atoms with Crippen molar-refractivity contribution in [2.24, 2.45) is 7.05 Å². The van der Waals surface area contributed by atoms with Gasteiger partial charge in [0.15, 0.2) is 0 Å². The van der Waals surface area contributed by atoms with Crippen LogP contribution in [-0.2, 0) is 11.8 Å². The van der Waals surface area contributed by atoms with Crippen molar-refractivity contribution in [2.75, 3.05) is 6.61 Å².